The third-order valence-corrected chi connectivity index (χ3v) is 5.80. The van der Waals surface area contributed by atoms with Gasteiger partial charge in [0.1, 0.15) is 0 Å². The van der Waals surface area contributed by atoms with Gasteiger partial charge in [0.25, 0.3) is 0 Å². The standard InChI is InChI=1S/C12H14O2P2S2/c1-4-8-6(2)7(3)11(15-17)12(16-18)9(8)5-10(13)14/h4-5H2,1-3H3,(H,13,14). The molecule has 1 rings (SSSR count). The van der Waals surface area contributed by atoms with E-state index < -0.39 is 5.97 Å². The van der Waals surface area contributed by atoms with Crippen LogP contribution in [0.25, 0.3) is 0 Å². The average molecular weight is 316 g/mol. The van der Waals surface area contributed by atoms with Gasteiger partial charge in [-0.3, -0.25) is 4.79 Å². The van der Waals surface area contributed by atoms with E-state index in [1.807, 2.05) is 20.8 Å². The van der Waals surface area contributed by atoms with Gasteiger partial charge in [-0.1, -0.05) is 30.5 Å². The van der Waals surface area contributed by atoms with Crippen molar-refractivity contribution in [3.8, 4) is 0 Å². The molecule has 6 heteroatoms. The molecule has 0 aliphatic heterocycles. The molecule has 96 valence electrons. The van der Waals surface area contributed by atoms with Crippen LogP contribution in [0, 0.1) is 13.8 Å². The highest BCUT2D eigenvalue weighted by molar-refractivity contribution is 8.02. The minimum atomic E-state index is -0.820. The second kappa shape index (κ2) is 6.77. The Labute approximate surface area is 120 Å². The average Bonchev–Trinajstić information content (AvgIpc) is 2.33. The summed E-state index contributed by atoms with van der Waals surface area (Å²) in [5.74, 6) is -0.820. The number of carbonyl (C=O) groups is 1. The summed E-state index contributed by atoms with van der Waals surface area (Å²) in [6, 6.07) is 0. The minimum Gasteiger partial charge on any atom is -0.481 e. The van der Waals surface area contributed by atoms with Crippen LogP contribution in [0.4, 0.5) is 0 Å². The first-order valence-corrected chi connectivity index (χ1v) is 9.32. The van der Waals surface area contributed by atoms with Crippen molar-refractivity contribution < 1.29 is 9.90 Å². The topological polar surface area (TPSA) is 37.3 Å². The smallest absolute Gasteiger partial charge is 0.307 e. The lowest BCUT2D eigenvalue weighted by Crippen LogP contribution is -2.26. The van der Waals surface area contributed by atoms with E-state index in [1.54, 1.807) is 0 Å². The van der Waals surface area contributed by atoms with Crippen LogP contribution >= 0.6 is 14.7 Å². The highest BCUT2D eigenvalue weighted by atomic mass is 32.4. The van der Waals surface area contributed by atoms with Gasteiger partial charge in [0.05, 0.1) is 6.42 Å². The lowest BCUT2D eigenvalue weighted by atomic mass is 9.94. The number of hydrogen-bond acceptors (Lipinski definition) is 3. The molecule has 1 N–H and O–H groups in total. The molecule has 18 heavy (non-hydrogen) atoms. The van der Waals surface area contributed by atoms with Crippen molar-refractivity contribution in [3.63, 3.8) is 0 Å². The van der Waals surface area contributed by atoms with Gasteiger partial charge >= 0.3 is 5.97 Å². The van der Waals surface area contributed by atoms with E-state index >= 15 is 0 Å². The summed E-state index contributed by atoms with van der Waals surface area (Å²) in [6.45, 7) is 6.12. The first-order valence-electron chi connectivity index (χ1n) is 5.51. The first kappa shape index (κ1) is 15.8. The Hall–Kier alpha value is -0.270. The van der Waals surface area contributed by atoms with Gasteiger partial charge in [0, 0.05) is 25.3 Å². The predicted octanol–water partition coefficient (Wildman–Crippen LogP) is 2.56. The predicted molar refractivity (Wildman–Crippen MR) is 84.5 cm³/mol. The van der Waals surface area contributed by atoms with Crippen LogP contribution in [-0.4, -0.2) is 11.1 Å². The molecular weight excluding hydrogens is 302 g/mol. The Kier molecular flexibility index (Phi) is 5.94. The molecule has 1 aromatic rings. The number of rotatable bonds is 5. The van der Waals surface area contributed by atoms with Crippen molar-refractivity contribution >= 4 is 54.9 Å². The van der Waals surface area contributed by atoms with Gasteiger partial charge < -0.3 is 5.11 Å². The zero-order valence-corrected chi connectivity index (χ0v) is 13.9. The van der Waals surface area contributed by atoms with E-state index in [1.165, 1.54) is 0 Å². The molecule has 2 nitrogen and oxygen atoms in total. The van der Waals surface area contributed by atoms with E-state index in [0.717, 1.165) is 46.6 Å². The maximum atomic E-state index is 11.0. The maximum Gasteiger partial charge on any atom is 0.307 e. The van der Waals surface area contributed by atoms with Crippen LogP contribution in [0.2, 0.25) is 0 Å². The van der Waals surface area contributed by atoms with Gasteiger partial charge in [0.15, 0.2) is 0 Å². The van der Waals surface area contributed by atoms with Crippen molar-refractivity contribution in [3.05, 3.63) is 22.3 Å². The van der Waals surface area contributed by atoms with E-state index in [2.05, 4.69) is 0 Å². The van der Waals surface area contributed by atoms with Crippen LogP contribution < -0.4 is 10.6 Å². The third kappa shape index (κ3) is 3.00. The molecule has 0 spiro atoms. The van der Waals surface area contributed by atoms with E-state index in [9.17, 15) is 4.79 Å². The third-order valence-electron chi connectivity index (χ3n) is 3.11. The van der Waals surface area contributed by atoms with Crippen molar-refractivity contribution in [2.75, 3.05) is 0 Å². The molecule has 0 saturated heterocycles. The maximum absolute atomic E-state index is 11.0. The van der Waals surface area contributed by atoms with Crippen LogP contribution in [0.15, 0.2) is 0 Å². The van der Waals surface area contributed by atoms with Crippen LogP contribution in [0.3, 0.4) is 0 Å². The molecule has 0 unspecified atom stereocenters. The van der Waals surface area contributed by atoms with E-state index in [-0.39, 0.29) is 6.42 Å². The fraction of sp³-hybridized carbons (Fsp3) is 0.417. The van der Waals surface area contributed by atoms with Crippen molar-refractivity contribution in [2.24, 2.45) is 0 Å². The fourth-order valence-corrected chi connectivity index (χ4v) is 5.22. The van der Waals surface area contributed by atoms with Gasteiger partial charge in [0.2, 0.25) is 0 Å². The Bertz CT molecular complexity index is 528. The van der Waals surface area contributed by atoms with Crippen molar-refractivity contribution in [1.82, 2.24) is 0 Å². The molecular formula is C12H14O2P2S2. The van der Waals surface area contributed by atoms with Gasteiger partial charge in [-0.2, -0.15) is 0 Å². The molecule has 0 aliphatic rings. The van der Waals surface area contributed by atoms with Gasteiger partial charge in [-0.15, -0.1) is 0 Å². The Morgan fingerprint density at radius 3 is 2.06 bits per heavy atom. The molecule has 0 aliphatic carbocycles. The normalized spacial score (nSPS) is 11.1. The number of hydrogen-bond donors (Lipinski definition) is 1. The van der Waals surface area contributed by atoms with Crippen LogP contribution in [0.1, 0.15) is 29.2 Å². The molecule has 0 saturated carbocycles. The Balaban J connectivity index is 3.72. The second-order valence-corrected chi connectivity index (χ2v) is 6.37. The lowest BCUT2D eigenvalue weighted by Gasteiger charge is -2.18. The Morgan fingerprint density at radius 2 is 1.67 bits per heavy atom. The molecule has 0 aromatic heterocycles. The molecule has 1 aromatic carbocycles. The summed E-state index contributed by atoms with van der Waals surface area (Å²) in [4.78, 5) is 11.0. The van der Waals surface area contributed by atoms with Crippen LogP contribution in [0.5, 0.6) is 0 Å². The zero-order chi connectivity index (χ0) is 13.9. The summed E-state index contributed by atoms with van der Waals surface area (Å²) in [6.07, 6.45) is 0.850. The van der Waals surface area contributed by atoms with Crippen molar-refractivity contribution in [1.29, 1.82) is 0 Å². The first-order chi connectivity index (χ1) is 8.47. The highest BCUT2D eigenvalue weighted by Crippen LogP contribution is 2.22. The molecule has 0 bridgehead atoms. The molecule has 0 fully saturated rings. The fourth-order valence-electron chi connectivity index (χ4n) is 2.12. The molecule has 0 radical (unpaired) electrons. The quantitative estimate of drug-likeness (QED) is 0.847. The number of benzene rings is 1. The largest absolute Gasteiger partial charge is 0.481 e. The molecule has 0 atom stereocenters. The summed E-state index contributed by atoms with van der Waals surface area (Å²) in [7, 11) is 1.42. The zero-order valence-electron chi connectivity index (χ0n) is 10.5. The number of aliphatic carboxylic acids is 1. The Morgan fingerprint density at radius 1 is 1.11 bits per heavy atom. The van der Waals surface area contributed by atoms with Crippen LogP contribution in [-0.2, 0) is 41.2 Å². The number of carboxylic acid groups (broad SMARTS) is 1. The summed E-state index contributed by atoms with van der Waals surface area (Å²) >= 11 is 10.3. The molecule has 0 heterocycles. The van der Waals surface area contributed by atoms with Gasteiger partial charge in [-0.25, -0.2) is 0 Å². The molecule has 0 amide bonds. The van der Waals surface area contributed by atoms with E-state index in [4.69, 9.17) is 28.7 Å². The highest BCUT2D eigenvalue weighted by Gasteiger charge is 2.19. The lowest BCUT2D eigenvalue weighted by molar-refractivity contribution is -0.136. The summed E-state index contributed by atoms with van der Waals surface area (Å²) in [5, 5.41) is 11.0. The SMILES string of the molecule is CCc1c(C)c(C)c(P=S)c(P=S)c1CC(=O)O. The second-order valence-electron chi connectivity index (χ2n) is 4.01. The van der Waals surface area contributed by atoms with Crippen molar-refractivity contribution in [2.45, 2.75) is 33.6 Å². The van der Waals surface area contributed by atoms with Gasteiger partial charge in [-0.05, 0) is 42.5 Å². The number of carboxylic acids is 1. The summed E-state index contributed by atoms with van der Waals surface area (Å²) in [5.41, 5.74) is 4.30. The monoisotopic (exact) mass is 316 g/mol. The summed E-state index contributed by atoms with van der Waals surface area (Å²) < 4.78 is 0. The minimum absolute atomic E-state index is 0.0289. The van der Waals surface area contributed by atoms with E-state index in [0.29, 0.717) is 7.36 Å².